The van der Waals surface area contributed by atoms with Gasteiger partial charge in [0.15, 0.2) is 0 Å². The van der Waals surface area contributed by atoms with E-state index < -0.39 is 5.60 Å². The van der Waals surface area contributed by atoms with Crippen LogP contribution in [0.5, 0.6) is 0 Å². The quantitative estimate of drug-likeness (QED) is 0.801. The number of para-hydroxylation sites is 1. The van der Waals surface area contributed by atoms with E-state index in [1.54, 1.807) is 4.90 Å². The molecule has 5 nitrogen and oxygen atoms in total. The number of amides is 2. The van der Waals surface area contributed by atoms with Crippen LogP contribution in [0.4, 0.5) is 10.5 Å². The Balaban J connectivity index is 1.85. The average Bonchev–Trinajstić information content (AvgIpc) is 2.81. The molecule has 1 N–H and O–H groups in total. The van der Waals surface area contributed by atoms with E-state index in [4.69, 9.17) is 4.74 Å². The maximum Gasteiger partial charge on any atom is 0.410 e. The molecule has 1 spiro atoms. The third kappa shape index (κ3) is 2.67. The van der Waals surface area contributed by atoms with Gasteiger partial charge in [-0.05, 0) is 38.8 Å². The molecule has 0 saturated carbocycles. The van der Waals surface area contributed by atoms with Gasteiger partial charge in [-0.2, -0.15) is 0 Å². The second-order valence-electron chi connectivity index (χ2n) is 7.20. The molecule has 0 radical (unpaired) electrons. The van der Waals surface area contributed by atoms with E-state index in [-0.39, 0.29) is 17.4 Å². The topological polar surface area (TPSA) is 58.6 Å². The van der Waals surface area contributed by atoms with Gasteiger partial charge in [0.1, 0.15) is 5.60 Å². The molecule has 22 heavy (non-hydrogen) atoms. The lowest BCUT2D eigenvalue weighted by atomic mass is 9.74. The molecule has 1 saturated heterocycles. The van der Waals surface area contributed by atoms with Gasteiger partial charge in [0.25, 0.3) is 0 Å². The van der Waals surface area contributed by atoms with Crippen molar-refractivity contribution in [2.75, 3.05) is 18.4 Å². The Bertz CT molecular complexity index is 621. The van der Waals surface area contributed by atoms with Crippen LogP contribution < -0.4 is 5.32 Å². The van der Waals surface area contributed by atoms with Crippen molar-refractivity contribution in [1.82, 2.24) is 4.90 Å². The molecule has 2 heterocycles. The Labute approximate surface area is 130 Å². The number of rotatable bonds is 0. The summed E-state index contributed by atoms with van der Waals surface area (Å²) in [5.74, 6) is 0.0183. The monoisotopic (exact) mass is 302 g/mol. The minimum atomic E-state index is -0.505. The third-order valence-electron chi connectivity index (χ3n) is 4.28. The number of carbonyl (C=O) groups excluding carboxylic acids is 2. The SMILES string of the molecule is CC(C)(C)OC(=O)N1CCC2(CC(=O)Nc3ccccc32)C1. The molecule has 1 atom stereocenters. The fourth-order valence-corrected chi connectivity index (χ4v) is 3.37. The van der Waals surface area contributed by atoms with Crippen LogP contribution in [0.1, 0.15) is 39.2 Å². The Morgan fingerprint density at radius 3 is 2.77 bits per heavy atom. The Morgan fingerprint density at radius 2 is 2.05 bits per heavy atom. The van der Waals surface area contributed by atoms with Gasteiger partial charge in [-0.25, -0.2) is 4.79 Å². The van der Waals surface area contributed by atoms with Crippen LogP contribution in [0.25, 0.3) is 0 Å². The van der Waals surface area contributed by atoms with Gasteiger partial charge in [0.05, 0.1) is 0 Å². The van der Waals surface area contributed by atoms with Crippen LogP contribution in [0, 0.1) is 0 Å². The average molecular weight is 302 g/mol. The molecule has 1 aromatic rings. The number of hydrogen-bond donors (Lipinski definition) is 1. The van der Waals surface area contributed by atoms with E-state index in [0.717, 1.165) is 17.7 Å². The maximum absolute atomic E-state index is 12.3. The van der Waals surface area contributed by atoms with Crippen LogP contribution >= 0.6 is 0 Å². The molecule has 1 unspecified atom stereocenters. The predicted molar refractivity (Wildman–Crippen MR) is 83.8 cm³/mol. The van der Waals surface area contributed by atoms with E-state index in [9.17, 15) is 9.59 Å². The van der Waals surface area contributed by atoms with Gasteiger partial charge in [-0.1, -0.05) is 18.2 Å². The highest BCUT2D eigenvalue weighted by atomic mass is 16.6. The molecule has 5 heteroatoms. The van der Waals surface area contributed by atoms with E-state index in [1.807, 2.05) is 45.0 Å². The zero-order valence-electron chi connectivity index (χ0n) is 13.3. The number of nitrogens with zero attached hydrogens (tertiary/aromatic N) is 1. The number of hydrogen-bond acceptors (Lipinski definition) is 3. The summed E-state index contributed by atoms with van der Waals surface area (Å²) in [5, 5.41) is 2.92. The number of anilines is 1. The molecule has 2 aliphatic rings. The second-order valence-corrected chi connectivity index (χ2v) is 7.20. The summed E-state index contributed by atoms with van der Waals surface area (Å²) in [6.07, 6.45) is 0.910. The molecule has 2 amide bonds. The van der Waals surface area contributed by atoms with Crippen molar-refractivity contribution in [3.63, 3.8) is 0 Å². The fourth-order valence-electron chi connectivity index (χ4n) is 3.37. The highest BCUT2D eigenvalue weighted by molar-refractivity contribution is 5.95. The minimum Gasteiger partial charge on any atom is -0.444 e. The van der Waals surface area contributed by atoms with Gasteiger partial charge >= 0.3 is 6.09 Å². The largest absolute Gasteiger partial charge is 0.444 e. The minimum absolute atomic E-state index is 0.0183. The lowest BCUT2D eigenvalue weighted by molar-refractivity contribution is -0.117. The smallest absolute Gasteiger partial charge is 0.410 e. The summed E-state index contributed by atoms with van der Waals surface area (Å²) in [7, 11) is 0. The number of nitrogens with one attached hydrogen (secondary N) is 1. The van der Waals surface area contributed by atoms with Gasteiger partial charge in [-0.3, -0.25) is 4.79 Å². The molecule has 0 aromatic heterocycles. The van der Waals surface area contributed by atoms with Crippen LogP contribution in [-0.2, 0) is 14.9 Å². The van der Waals surface area contributed by atoms with Crippen LogP contribution in [0.2, 0.25) is 0 Å². The molecular weight excluding hydrogens is 280 g/mol. The van der Waals surface area contributed by atoms with E-state index >= 15 is 0 Å². The predicted octanol–water partition coefficient (Wildman–Crippen LogP) is 2.91. The normalized spacial score (nSPS) is 24.1. The summed E-state index contributed by atoms with van der Waals surface area (Å²) in [4.78, 5) is 26.1. The molecule has 0 bridgehead atoms. The van der Waals surface area contributed by atoms with Crippen molar-refractivity contribution < 1.29 is 14.3 Å². The number of carbonyl (C=O) groups is 2. The molecule has 3 rings (SSSR count). The van der Waals surface area contributed by atoms with Gasteiger partial charge in [0.2, 0.25) is 5.91 Å². The Hall–Kier alpha value is -2.04. The van der Waals surface area contributed by atoms with Crippen LogP contribution in [0.15, 0.2) is 24.3 Å². The molecule has 0 aliphatic carbocycles. The Kier molecular flexibility index (Phi) is 3.38. The number of benzene rings is 1. The van der Waals surface area contributed by atoms with Crippen molar-refractivity contribution >= 4 is 17.7 Å². The zero-order valence-corrected chi connectivity index (χ0v) is 13.3. The van der Waals surface area contributed by atoms with Gasteiger partial charge in [0, 0.05) is 30.6 Å². The van der Waals surface area contributed by atoms with Gasteiger partial charge in [-0.15, -0.1) is 0 Å². The summed E-state index contributed by atoms with van der Waals surface area (Å²) < 4.78 is 5.46. The lowest BCUT2D eigenvalue weighted by Gasteiger charge is -2.35. The number of fused-ring (bicyclic) bond motifs is 2. The molecular formula is C17H22N2O3. The molecule has 118 valence electrons. The summed E-state index contributed by atoms with van der Waals surface area (Å²) in [6, 6.07) is 7.87. The zero-order chi connectivity index (χ0) is 16.0. The molecule has 1 aromatic carbocycles. The highest BCUT2D eigenvalue weighted by Crippen LogP contribution is 2.44. The summed E-state index contributed by atoms with van der Waals surface area (Å²) >= 11 is 0. The van der Waals surface area contributed by atoms with E-state index in [1.165, 1.54) is 0 Å². The first-order chi connectivity index (χ1) is 10.3. The van der Waals surface area contributed by atoms with E-state index in [2.05, 4.69) is 5.32 Å². The van der Waals surface area contributed by atoms with Crippen LogP contribution in [0.3, 0.4) is 0 Å². The number of likely N-dealkylation sites (tertiary alicyclic amines) is 1. The van der Waals surface area contributed by atoms with Crippen LogP contribution in [-0.4, -0.2) is 35.6 Å². The maximum atomic E-state index is 12.3. The summed E-state index contributed by atoms with van der Waals surface area (Å²) in [6.45, 7) is 6.74. The molecule has 1 fully saturated rings. The third-order valence-corrected chi connectivity index (χ3v) is 4.28. The standard InChI is InChI=1S/C17H22N2O3/c1-16(2,3)22-15(21)19-9-8-17(11-19)10-14(20)18-13-7-5-4-6-12(13)17/h4-7H,8-11H2,1-3H3,(H,18,20). The van der Waals surface area contributed by atoms with Crippen molar-refractivity contribution in [1.29, 1.82) is 0 Å². The highest BCUT2D eigenvalue weighted by Gasteiger charge is 2.47. The second kappa shape index (κ2) is 5.00. The first kappa shape index (κ1) is 14.9. The van der Waals surface area contributed by atoms with Crippen molar-refractivity contribution in [2.45, 2.75) is 44.6 Å². The fraction of sp³-hybridized carbons (Fsp3) is 0.529. The van der Waals surface area contributed by atoms with E-state index in [0.29, 0.717) is 19.5 Å². The first-order valence-corrected chi connectivity index (χ1v) is 7.66. The molecule has 2 aliphatic heterocycles. The lowest BCUT2D eigenvalue weighted by Crippen LogP contribution is -2.42. The van der Waals surface area contributed by atoms with Crippen molar-refractivity contribution in [3.05, 3.63) is 29.8 Å². The van der Waals surface area contributed by atoms with Crippen molar-refractivity contribution in [2.24, 2.45) is 0 Å². The number of ether oxygens (including phenoxy) is 1. The van der Waals surface area contributed by atoms with Gasteiger partial charge < -0.3 is 15.0 Å². The first-order valence-electron chi connectivity index (χ1n) is 7.66. The summed E-state index contributed by atoms with van der Waals surface area (Å²) in [5.41, 5.74) is 1.20. The Morgan fingerprint density at radius 1 is 1.32 bits per heavy atom. The van der Waals surface area contributed by atoms with Crippen molar-refractivity contribution in [3.8, 4) is 0 Å².